The van der Waals surface area contributed by atoms with Gasteiger partial charge in [0.1, 0.15) is 5.82 Å². The summed E-state index contributed by atoms with van der Waals surface area (Å²) in [5.41, 5.74) is 10.1. The van der Waals surface area contributed by atoms with Crippen LogP contribution in [0.3, 0.4) is 0 Å². The first-order chi connectivity index (χ1) is 9.63. The SMILES string of the molecule is NC(Cc1ccc(F)cc1Cl)C1Cc2ccccc2C1. The number of fused-ring (bicyclic) bond motifs is 1. The van der Waals surface area contributed by atoms with Gasteiger partial charge in [-0.3, -0.25) is 0 Å². The van der Waals surface area contributed by atoms with Crippen molar-refractivity contribution in [2.45, 2.75) is 25.3 Å². The van der Waals surface area contributed by atoms with Crippen LogP contribution in [0, 0.1) is 11.7 Å². The zero-order valence-corrected chi connectivity index (χ0v) is 11.9. The van der Waals surface area contributed by atoms with Crippen LogP contribution in [0.25, 0.3) is 0 Å². The van der Waals surface area contributed by atoms with Gasteiger partial charge in [-0.05, 0) is 54.0 Å². The zero-order valence-electron chi connectivity index (χ0n) is 11.2. The van der Waals surface area contributed by atoms with Gasteiger partial charge in [0.15, 0.2) is 0 Å². The quantitative estimate of drug-likeness (QED) is 0.915. The third-order valence-electron chi connectivity index (χ3n) is 4.16. The van der Waals surface area contributed by atoms with Crippen molar-refractivity contribution in [1.82, 2.24) is 0 Å². The van der Waals surface area contributed by atoms with E-state index in [-0.39, 0.29) is 11.9 Å². The van der Waals surface area contributed by atoms with Gasteiger partial charge >= 0.3 is 0 Å². The monoisotopic (exact) mass is 289 g/mol. The van der Waals surface area contributed by atoms with Gasteiger partial charge in [0.25, 0.3) is 0 Å². The second kappa shape index (κ2) is 5.55. The molecule has 1 aliphatic rings. The fourth-order valence-electron chi connectivity index (χ4n) is 3.00. The van der Waals surface area contributed by atoms with E-state index >= 15 is 0 Å². The van der Waals surface area contributed by atoms with E-state index in [4.69, 9.17) is 17.3 Å². The number of halogens is 2. The molecule has 0 aliphatic heterocycles. The van der Waals surface area contributed by atoms with Gasteiger partial charge < -0.3 is 5.73 Å². The standard InChI is InChI=1S/C17H17ClFN/c18-16-10-15(19)6-5-13(16)9-17(20)14-7-11-3-1-2-4-12(11)8-14/h1-6,10,14,17H,7-9,20H2. The van der Waals surface area contributed by atoms with Gasteiger partial charge in [-0.25, -0.2) is 4.39 Å². The summed E-state index contributed by atoms with van der Waals surface area (Å²) in [4.78, 5) is 0. The summed E-state index contributed by atoms with van der Waals surface area (Å²) in [5.74, 6) is 0.133. The minimum Gasteiger partial charge on any atom is -0.327 e. The van der Waals surface area contributed by atoms with Gasteiger partial charge in [-0.2, -0.15) is 0 Å². The Labute approximate surface area is 123 Å². The molecule has 3 rings (SSSR count). The molecule has 2 aromatic rings. The first-order valence-corrected chi connectivity index (χ1v) is 7.27. The lowest BCUT2D eigenvalue weighted by Gasteiger charge is -2.19. The molecule has 1 atom stereocenters. The van der Waals surface area contributed by atoms with Crippen molar-refractivity contribution in [1.29, 1.82) is 0 Å². The Bertz CT molecular complexity index is 601. The Balaban J connectivity index is 1.70. The Hall–Kier alpha value is -1.38. The summed E-state index contributed by atoms with van der Waals surface area (Å²) in [6.07, 6.45) is 2.74. The lowest BCUT2D eigenvalue weighted by Crippen LogP contribution is -2.32. The largest absolute Gasteiger partial charge is 0.327 e. The number of hydrogen-bond donors (Lipinski definition) is 1. The summed E-state index contributed by atoms with van der Waals surface area (Å²) in [5, 5.41) is 0.468. The normalized spacial score (nSPS) is 16.1. The van der Waals surface area contributed by atoms with Crippen molar-refractivity contribution >= 4 is 11.6 Å². The van der Waals surface area contributed by atoms with E-state index < -0.39 is 0 Å². The van der Waals surface area contributed by atoms with Gasteiger partial charge in [-0.15, -0.1) is 0 Å². The van der Waals surface area contributed by atoms with E-state index in [1.165, 1.54) is 23.3 Å². The Morgan fingerprint density at radius 3 is 2.40 bits per heavy atom. The number of hydrogen-bond acceptors (Lipinski definition) is 1. The summed E-state index contributed by atoms with van der Waals surface area (Å²) in [6.45, 7) is 0. The van der Waals surface area contributed by atoms with Crippen molar-refractivity contribution in [3.63, 3.8) is 0 Å². The van der Waals surface area contributed by atoms with Crippen LogP contribution in [0.15, 0.2) is 42.5 Å². The number of benzene rings is 2. The van der Waals surface area contributed by atoms with Gasteiger partial charge in [-0.1, -0.05) is 41.9 Å². The molecule has 0 saturated carbocycles. The minimum absolute atomic E-state index is 0.0466. The second-order valence-electron chi connectivity index (χ2n) is 5.54. The molecule has 0 aromatic heterocycles. The van der Waals surface area contributed by atoms with Crippen molar-refractivity contribution in [3.8, 4) is 0 Å². The van der Waals surface area contributed by atoms with Crippen LogP contribution in [0.4, 0.5) is 4.39 Å². The van der Waals surface area contributed by atoms with E-state index in [1.807, 2.05) is 0 Å². The smallest absolute Gasteiger partial charge is 0.124 e. The van der Waals surface area contributed by atoms with Gasteiger partial charge in [0.05, 0.1) is 0 Å². The topological polar surface area (TPSA) is 26.0 Å². The van der Waals surface area contributed by atoms with Crippen LogP contribution in [0.5, 0.6) is 0 Å². The van der Waals surface area contributed by atoms with E-state index in [1.54, 1.807) is 6.07 Å². The fraction of sp³-hybridized carbons (Fsp3) is 0.294. The molecule has 3 heteroatoms. The van der Waals surface area contributed by atoms with E-state index in [0.717, 1.165) is 18.4 Å². The maximum absolute atomic E-state index is 13.0. The highest BCUT2D eigenvalue weighted by Crippen LogP contribution is 2.30. The maximum atomic E-state index is 13.0. The summed E-state index contributed by atoms with van der Waals surface area (Å²) in [6, 6.07) is 13.1. The van der Waals surface area contributed by atoms with Gasteiger partial charge in [0, 0.05) is 11.1 Å². The molecule has 1 unspecified atom stereocenters. The van der Waals surface area contributed by atoms with E-state index in [2.05, 4.69) is 24.3 Å². The Morgan fingerprint density at radius 2 is 1.80 bits per heavy atom. The predicted molar refractivity (Wildman–Crippen MR) is 80.4 cm³/mol. The highest BCUT2D eigenvalue weighted by atomic mass is 35.5. The molecule has 20 heavy (non-hydrogen) atoms. The summed E-state index contributed by atoms with van der Waals surface area (Å²) >= 11 is 6.07. The van der Waals surface area contributed by atoms with Crippen LogP contribution in [-0.2, 0) is 19.3 Å². The van der Waals surface area contributed by atoms with Crippen LogP contribution in [0.1, 0.15) is 16.7 Å². The Morgan fingerprint density at radius 1 is 1.15 bits per heavy atom. The van der Waals surface area contributed by atoms with Crippen molar-refractivity contribution in [2.75, 3.05) is 0 Å². The van der Waals surface area contributed by atoms with Crippen molar-refractivity contribution in [2.24, 2.45) is 11.7 Å². The molecule has 0 amide bonds. The molecule has 2 aromatic carbocycles. The molecular weight excluding hydrogens is 273 g/mol. The molecule has 104 valence electrons. The average Bonchev–Trinajstić information content (AvgIpc) is 2.86. The van der Waals surface area contributed by atoms with Crippen LogP contribution in [-0.4, -0.2) is 6.04 Å². The number of rotatable bonds is 3. The molecule has 0 bridgehead atoms. The summed E-state index contributed by atoms with van der Waals surface area (Å²) < 4.78 is 13.0. The highest BCUT2D eigenvalue weighted by molar-refractivity contribution is 6.31. The van der Waals surface area contributed by atoms with Crippen molar-refractivity contribution in [3.05, 3.63) is 70.0 Å². The van der Waals surface area contributed by atoms with Crippen LogP contribution >= 0.6 is 11.6 Å². The molecule has 0 fully saturated rings. The fourth-order valence-corrected chi connectivity index (χ4v) is 3.25. The molecule has 0 saturated heterocycles. The second-order valence-corrected chi connectivity index (χ2v) is 5.95. The lowest BCUT2D eigenvalue weighted by molar-refractivity contribution is 0.437. The van der Waals surface area contributed by atoms with Crippen molar-refractivity contribution < 1.29 is 4.39 Å². The molecule has 2 N–H and O–H groups in total. The lowest BCUT2D eigenvalue weighted by atomic mass is 9.92. The number of nitrogens with two attached hydrogens (primary N) is 1. The minimum atomic E-state index is -0.305. The van der Waals surface area contributed by atoms with E-state index in [9.17, 15) is 4.39 Å². The van der Waals surface area contributed by atoms with Crippen LogP contribution in [0.2, 0.25) is 5.02 Å². The predicted octanol–water partition coefficient (Wildman–Crippen LogP) is 3.76. The molecular formula is C17H17ClFN. The van der Waals surface area contributed by atoms with Crippen LogP contribution < -0.4 is 5.73 Å². The molecule has 1 nitrogen and oxygen atoms in total. The average molecular weight is 290 g/mol. The first kappa shape index (κ1) is 13.6. The third kappa shape index (κ3) is 2.72. The molecule has 0 heterocycles. The zero-order chi connectivity index (χ0) is 14.1. The van der Waals surface area contributed by atoms with E-state index in [0.29, 0.717) is 17.4 Å². The Kier molecular flexibility index (Phi) is 3.77. The first-order valence-electron chi connectivity index (χ1n) is 6.90. The molecule has 0 radical (unpaired) electrons. The maximum Gasteiger partial charge on any atom is 0.124 e. The molecule has 0 spiro atoms. The molecule has 1 aliphatic carbocycles. The third-order valence-corrected chi connectivity index (χ3v) is 4.51. The highest BCUT2D eigenvalue weighted by Gasteiger charge is 2.26. The summed E-state index contributed by atoms with van der Waals surface area (Å²) in [7, 11) is 0. The van der Waals surface area contributed by atoms with Gasteiger partial charge in [0.2, 0.25) is 0 Å².